The number of carbonyl (C=O) groups is 2. The summed E-state index contributed by atoms with van der Waals surface area (Å²) in [5.74, 6) is 0.373. The van der Waals surface area contributed by atoms with Gasteiger partial charge < -0.3 is 14.8 Å². The topological polar surface area (TPSA) is 64.6 Å². The molecule has 2 aromatic rings. The van der Waals surface area contributed by atoms with E-state index in [9.17, 15) is 9.59 Å². The van der Waals surface area contributed by atoms with E-state index in [4.69, 9.17) is 9.47 Å². The van der Waals surface area contributed by atoms with E-state index < -0.39 is 0 Å². The maximum atomic E-state index is 12.4. The first-order valence-corrected chi connectivity index (χ1v) is 10.7. The van der Waals surface area contributed by atoms with Gasteiger partial charge in [-0.3, -0.25) is 4.79 Å². The smallest absolute Gasteiger partial charge is 0.341 e. The lowest BCUT2D eigenvalue weighted by Gasteiger charge is -2.12. The molecule has 1 aromatic carbocycles. The van der Waals surface area contributed by atoms with E-state index in [1.807, 2.05) is 31.2 Å². The summed E-state index contributed by atoms with van der Waals surface area (Å²) in [5.41, 5.74) is 2.81. The number of benzene rings is 1. The third-order valence-corrected chi connectivity index (χ3v) is 5.95. The second kappa shape index (κ2) is 9.73. The van der Waals surface area contributed by atoms with Crippen molar-refractivity contribution in [2.45, 2.75) is 52.4 Å². The van der Waals surface area contributed by atoms with Gasteiger partial charge in [-0.25, -0.2) is 4.79 Å². The lowest BCUT2D eigenvalue weighted by Crippen LogP contribution is -2.16. The highest BCUT2D eigenvalue weighted by Crippen LogP contribution is 2.38. The number of esters is 1. The Balaban J connectivity index is 1.56. The number of carbonyl (C=O) groups excluding carboxylic acids is 2. The summed E-state index contributed by atoms with van der Waals surface area (Å²) >= 11 is 1.52. The Labute approximate surface area is 170 Å². The summed E-state index contributed by atoms with van der Waals surface area (Å²) in [6.45, 7) is 4.62. The van der Waals surface area contributed by atoms with Crippen LogP contribution in [0.25, 0.3) is 0 Å². The number of hydrogen-bond acceptors (Lipinski definition) is 5. The minimum atomic E-state index is -0.333. The van der Waals surface area contributed by atoms with Crippen LogP contribution in [0.15, 0.2) is 24.3 Å². The van der Waals surface area contributed by atoms with Crippen molar-refractivity contribution in [1.29, 1.82) is 0 Å². The molecule has 0 atom stereocenters. The number of thiophene rings is 1. The molecule has 1 aliphatic carbocycles. The zero-order valence-corrected chi connectivity index (χ0v) is 17.3. The first kappa shape index (κ1) is 20.4. The Bertz CT molecular complexity index is 826. The van der Waals surface area contributed by atoms with Crippen LogP contribution in [0.1, 0.15) is 59.0 Å². The number of aryl methyl sites for hydroxylation is 2. The molecule has 0 saturated carbocycles. The molecule has 0 unspecified atom stereocenters. The Morgan fingerprint density at radius 1 is 1.14 bits per heavy atom. The molecule has 0 bridgehead atoms. The third kappa shape index (κ3) is 5.13. The second-order valence-corrected chi connectivity index (χ2v) is 8.05. The van der Waals surface area contributed by atoms with Crippen LogP contribution in [0.5, 0.6) is 5.75 Å². The van der Waals surface area contributed by atoms with Gasteiger partial charge in [-0.05, 0) is 63.6 Å². The van der Waals surface area contributed by atoms with E-state index in [1.165, 1.54) is 21.8 Å². The average molecular weight is 402 g/mol. The molecule has 1 N–H and O–H groups in total. The monoisotopic (exact) mass is 401 g/mol. The molecule has 28 heavy (non-hydrogen) atoms. The van der Waals surface area contributed by atoms with E-state index >= 15 is 0 Å². The van der Waals surface area contributed by atoms with E-state index in [0.717, 1.165) is 37.0 Å². The molecule has 3 rings (SSSR count). The third-order valence-electron chi connectivity index (χ3n) is 4.74. The molecule has 1 amide bonds. The van der Waals surface area contributed by atoms with Crippen molar-refractivity contribution in [1.82, 2.24) is 0 Å². The van der Waals surface area contributed by atoms with Gasteiger partial charge in [-0.2, -0.15) is 0 Å². The first-order chi connectivity index (χ1) is 13.6. The van der Waals surface area contributed by atoms with Crippen LogP contribution < -0.4 is 10.1 Å². The SMILES string of the molecule is CCOC(=O)c1c(NC(=O)CCCOc2ccc(C)cc2)sc2c1CCCC2. The predicted molar refractivity (Wildman–Crippen MR) is 111 cm³/mol. The van der Waals surface area contributed by atoms with Crippen LogP contribution in [-0.4, -0.2) is 25.1 Å². The molecule has 0 radical (unpaired) electrons. The highest BCUT2D eigenvalue weighted by molar-refractivity contribution is 7.17. The standard InChI is InChI=1S/C22H27NO4S/c1-3-26-22(25)20-17-7-4-5-8-18(17)28-21(20)23-19(24)9-6-14-27-16-12-10-15(2)11-13-16/h10-13H,3-9,14H2,1-2H3,(H,23,24). The van der Waals surface area contributed by atoms with E-state index in [0.29, 0.717) is 36.6 Å². The van der Waals surface area contributed by atoms with Gasteiger partial charge in [-0.15, -0.1) is 11.3 Å². The Morgan fingerprint density at radius 3 is 2.64 bits per heavy atom. The van der Waals surface area contributed by atoms with E-state index in [-0.39, 0.29) is 11.9 Å². The molecule has 0 fully saturated rings. The number of nitrogens with one attached hydrogen (secondary N) is 1. The lowest BCUT2D eigenvalue weighted by molar-refractivity contribution is -0.116. The molecule has 1 heterocycles. The molecule has 0 spiro atoms. The molecule has 1 aliphatic rings. The number of anilines is 1. The molecular weight excluding hydrogens is 374 g/mol. The van der Waals surface area contributed by atoms with Gasteiger partial charge in [0.25, 0.3) is 0 Å². The van der Waals surface area contributed by atoms with Crippen molar-refractivity contribution in [2.24, 2.45) is 0 Å². The van der Waals surface area contributed by atoms with Crippen molar-refractivity contribution >= 4 is 28.2 Å². The number of fused-ring (bicyclic) bond motifs is 1. The molecular formula is C22H27NO4S. The molecule has 1 aromatic heterocycles. The summed E-state index contributed by atoms with van der Waals surface area (Å²) in [6.07, 6.45) is 4.99. The molecule has 6 heteroatoms. The van der Waals surface area contributed by atoms with Crippen LogP contribution in [0.2, 0.25) is 0 Å². The Morgan fingerprint density at radius 2 is 1.89 bits per heavy atom. The average Bonchev–Trinajstić information content (AvgIpc) is 3.04. The van der Waals surface area contributed by atoms with Crippen LogP contribution in [-0.2, 0) is 22.4 Å². The lowest BCUT2D eigenvalue weighted by atomic mass is 9.95. The molecule has 5 nitrogen and oxygen atoms in total. The second-order valence-electron chi connectivity index (χ2n) is 6.95. The van der Waals surface area contributed by atoms with Crippen molar-refractivity contribution in [3.05, 3.63) is 45.8 Å². The first-order valence-electron chi connectivity index (χ1n) is 9.89. The Kier molecular flexibility index (Phi) is 7.09. The largest absolute Gasteiger partial charge is 0.494 e. The maximum Gasteiger partial charge on any atom is 0.341 e. The van der Waals surface area contributed by atoms with Gasteiger partial charge in [0.15, 0.2) is 0 Å². The van der Waals surface area contributed by atoms with Crippen molar-refractivity contribution in [3.63, 3.8) is 0 Å². The van der Waals surface area contributed by atoms with Gasteiger partial charge in [0.2, 0.25) is 5.91 Å². The van der Waals surface area contributed by atoms with E-state index in [1.54, 1.807) is 6.92 Å². The molecule has 0 saturated heterocycles. The number of rotatable bonds is 8. The van der Waals surface area contributed by atoms with Crippen LogP contribution in [0.3, 0.4) is 0 Å². The van der Waals surface area contributed by atoms with Gasteiger partial charge in [0, 0.05) is 11.3 Å². The highest BCUT2D eigenvalue weighted by atomic mass is 32.1. The van der Waals surface area contributed by atoms with Gasteiger partial charge in [0.05, 0.1) is 18.8 Å². The zero-order chi connectivity index (χ0) is 19.9. The summed E-state index contributed by atoms with van der Waals surface area (Å²) in [6, 6.07) is 7.85. The van der Waals surface area contributed by atoms with E-state index in [2.05, 4.69) is 5.32 Å². The quantitative estimate of drug-likeness (QED) is 0.504. The zero-order valence-electron chi connectivity index (χ0n) is 16.5. The predicted octanol–water partition coefficient (Wildman–Crippen LogP) is 4.91. The van der Waals surface area contributed by atoms with Crippen LogP contribution in [0.4, 0.5) is 5.00 Å². The van der Waals surface area contributed by atoms with Crippen LogP contribution in [0, 0.1) is 6.92 Å². The number of amides is 1. The van der Waals surface area contributed by atoms with Gasteiger partial charge in [0.1, 0.15) is 10.8 Å². The highest BCUT2D eigenvalue weighted by Gasteiger charge is 2.27. The molecule has 0 aliphatic heterocycles. The van der Waals surface area contributed by atoms with Crippen molar-refractivity contribution in [3.8, 4) is 5.75 Å². The summed E-state index contributed by atoms with van der Waals surface area (Å²) in [7, 11) is 0. The molecule has 150 valence electrons. The van der Waals surface area contributed by atoms with Gasteiger partial charge >= 0.3 is 5.97 Å². The normalized spacial score (nSPS) is 12.9. The number of ether oxygens (including phenoxy) is 2. The maximum absolute atomic E-state index is 12.4. The fraction of sp³-hybridized carbons (Fsp3) is 0.455. The number of hydrogen-bond donors (Lipinski definition) is 1. The summed E-state index contributed by atoms with van der Waals surface area (Å²) in [4.78, 5) is 26.0. The fourth-order valence-corrected chi connectivity index (χ4v) is 4.61. The van der Waals surface area contributed by atoms with Crippen LogP contribution >= 0.6 is 11.3 Å². The van der Waals surface area contributed by atoms with Gasteiger partial charge in [-0.1, -0.05) is 17.7 Å². The van der Waals surface area contributed by atoms with Crippen molar-refractivity contribution < 1.29 is 19.1 Å². The fourth-order valence-electron chi connectivity index (χ4n) is 3.32. The Hall–Kier alpha value is -2.34. The summed E-state index contributed by atoms with van der Waals surface area (Å²) < 4.78 is 10.9. The van der Waals surface area contributed by atoms with Crippen molar-refractivity contribution in [2.75, 3.05) is 18.5 Å². The minimum Gasteiger partial charge on any atom is -0.494 e. The minimum absolute atomic E-state index is 0.100. The summed E-state index contributed by atoms with van der Waals surface area (Å²) in [5, 5.41) is 3.57.